The highest BCUT2D eigenvalue weighted by atomic mass is 35.5. The highest BCUT2D eigenvalue weighted by Crippen LogP contribution is 2.28. The summed E-state index contributed by atoms with van der Waals surface area (Å²) in [4.78, 5) is 10.2. The van der Waals surface area contributed by atoms with Crippen molar-refractivity contribution >= 4 is 17.3 Å². The summed E-state index contributed by atoms with van der Waals surface area (Å²) in [7, 11) is 0. The Hall–Kier alpha value is -2.16. The number of piperidine rings is 1. The lowest BCUT2D eigenvalue weighted by Gasteiger charge is -2.32. The number of nitriles is 1. The molecule has 0 saturated carbocycles. The maximum atomic E-state index is 9.60. The fraction of sp³-hybridized carbons (Fsp3) is 0.312. The number of hydrogen-bond acceptors (Lipinski definition) is 5. The van der Waals surface area contributed by atoms with Crippen LogP contribution in [-0.2, 0) is 0 Å². The Balaban J connectivity index is 1.93. The molecule has 6 heteroatoms. The largest absolute Gasteiger partial charge is 0.393 e. The lowest BCUT2D eigenvalue weighted by atomic mass is 10.0. The Morgan fingerprint density at radius 1 is 1.27 bits per heavy atom. The molecule has 1 aliphatic rings. The number of nitrogens with zero attached hydrogens (tertiary/aromatic N) is 4. The zero-order valence-electron chi connectivity index (χ0n) is 11.9. The molecule has 22 heavy (non-hydrogen) atoms. The summed E-state index contributed by atoms with van der Waals surface area (Å²) < 4.78 is 0. The number of halogens is 1. The first-order valence-corrected chi connectivity index (χ1v) is 7.51. The van der Waals surface area contributed by atoms with E-state index in [1.807, 2.05) is 18.2 Å². The van der Waals surface area contributed by atoms with E-state index in [1.54, 1.807) is 12.3 Å². The predicted molar refractivity (Wildman–Crippen MR) is 84.6 cm³/mol. The van der Waals surface area contributed by atoms with Crippen LogP contribution >= 0.6 is 11.6 Å². The first kappa shape index (κ1) is 14.8. The SMILES string of the molecule is N#Cc1cc(-c2ccnc(Cl)n2)ccc1N1CCC(O)CC1. The molecule has 1 aliphatic heterocycles. The number of aromatic nitrogens is 2. The maximum absolute atomic E-state index is 9.60. The average Bonchev–Trinajstić information content (AvgIpc) is 2.55. The average molecular weight is 315 g/mol. The van der Waals surface area contributed by atoms with Gasteiger partial charge in [0.25, 0.3) is 0 Å². The quantitative estimate of drug-likeness (QED) is 0.863. The normalized spacial score (nSPS) is 15.6. The number of benzene rings is 1. The predicted octanol–water partition coefficient (Wildman–Crippen LogP) is 2.63. The van der Waals surface area contributed by atoms with E-state index in [1.165, 1.54) is 0 Å². The van der Waals surface area contributed by atoms with Crippen molar-refractivity contribution in [3.05, 3.63) is 41.3 Å². The van der Waals surface area contributed by atoms with Gasteiger partial charge in [0, 0.05) is 24.8 Å². The van der Waals surface area contributed by atoms with Crippen LogP contribution in [0.25, 0.3) is 11.3 Å². The molecule has 0 atom stereocenters. The van der Waals surface area contributed by atoms with Gasteiger partial charge in [-0.05, 0) is 42.6 Å². The zero-order chi connectivity index (χ0) is 15.5. The van der Waals surface area contributed by atoms with Gasteiger partial charge in [0.15, 0.2) is 0 Å². The van der Waals surface area contributed by atoms with Crippen molar-refractivity contribution in [1.29, 1.82) is 5.26 Å². The minimum Gasteiger partial charge on any atom is -0.393 e. The molecule has 1 fully saturated rings. The summed E-state index contributed by atoms with van der Waals surface area (Å²) >= 11 is 5.82. The maximum Gasteiger partial charge on any atom is 0.222 e. The summed E-state index contributed by atoms with van der Waals surface area (Å²) in [5.41, 5.74) is 3.03. The summed E-state index contributed by atoms with van der Waals surface area (Å²) in [6.07, 6.45) is 2.82. The number of rotatable bonds is 2. The van der Waals surface area contributed by atoms with Gasteiger partial charge in [-0.1, -0.05) is 6.07 Å². The molecule has 1 N–H and O–H groups in total. The Morgan fingerprint density at radius 2 is 2.05 bits per heavy atom. The second-order valence-electron chi connectivity index (χ2n) is 5.27. The third-order valence-corrected chi connectivity index (χ3v) is 4.03. The minimum atomic E-state index is -0.232. The van der Waals surface area contributed by atoms with Crippen molar-refractivity contribution in [1.82, 2.24) is 9.97 Å². The summed E-state index contributed by atoms with van der Waals surface area (Å²) in [5.74, 6) is 0. The molecule has 0 radical (unpaired) electrons. The van der Waals surface area contributed by atoms with E-state index >= 15 is 0 Å². The summed E-state index contributed by atoms with van der Waals surface area (Å²) in [6, 6.07) is 9.69. The molecule has 2 aromatic rings. The van der Waals surface area contributed by atoms with Crippen LogP contribution in [0.2, 0.25) is 5.28 Å². The second-order valence-corrected chi connectivity index (χ2v) is 5.61. The Bertz CT molecular complexity index is 720. The van der Waals surface area contributed by atoms with Gasteiger partial charge in [-0.15, -0.1) is 0 Å². The monoisotopic (exact) mass is 314 g/mol. The molecule has 1 aromatic heterocycles. The molecule has 1 saturated heterocycles. The van der Waals surface area contributed by atoms with E-state index in [4.69, 9.17) is 11.6 Å². The van der Waals surface area contributed by atoms with Gasteiger partial charge in [0.1, 0.15) is 6.07 Å². The van der Waals surface area contributed by atoms with Crippen LogP contribution in [0, 0.1) is 11.3 Å². The lowest BCUT2D eigenvalue weighted by Crippen LogP contribution is -2.36. The molecule has 1 aromatic carbocycles. The van der Waals surface area contributed by atoms with Gasteiger partial charge in [0.2, 0.25) is 5.28 Å². The highest BCUT2D eigenvalue weighted by molar-refractivity contribution is 6.28. The van der Waals surface area contributed by atoms with E-state index in [0.29, 0.717) is 11.3 Å². The van der Waals surface area contributed by atoms with E-state index in [9.17, 15) is 10.4 Å². The molecule has 112 valence electrons. The van der Waals surface area contributed by atoms with Gasteiger partial charge < -0.3 is 10.0 Å². The first-order chi connectivity index (χ1) is 10.7. The zero-order valence-corrected chi connectivity index (χ0v) is 12.7. The van der Waals surface area contributed by atoms with Crippen molar-refractivity contribution in [2.75, 3.05) is 18.0 Å². The molecule has 0 aliphatic carbocycles. The highest BCUT2D eigenvalue weighted by Gasteiger charge is 2.19. The van der Waals surface area contributed by atoms with E-state index in [2.05, 4.69) is 20.9 Å². The number of aliphatic hydroxyl groups is 1. The Kier molecular flexibility index (Phi) is 4.23. The van der Waals surface area contributed by atoms with Gasteiger partial charge in [-0.3, -0.25) is 0 Å². The lowest BCUT2D eigenvalue weighted by molar-refractivity contribution is 0.145. The second kappa shape index (κ2) is 6.30. The fourth-order valence-corrected chi connectivity index (χ4v) is 2.81. The van der Waals surface area contributed by atoms with Crippen molar-refractivity contribution in [3.8, 4) is 17.3 Å². The Morgan fingerprint density at radius 3 is 2.73 bits per heavy atom. The molecule has 3 rings (SSSR count). The third-order valence-electron chi connectivity index (χ3n) is 3.84. The molecular weight excluding hydrogens is 300 g/mol. The van der Waals surface area contributed by atoms with Crippen LogP contribution in [0.3, 0.4) is 0 Å². The molecular formula is C16H15ClN4O. The molecule has 0 spiro atoms. The van der Waals surface area contributed by atoms with Crippen LogP contribution < -0.4 is 4.90 Å². The standard InChI is InChI=1S/C16H15ClN4O/c17-16-19-6-3-14(20-16)11-1-2-15(12(9-11)10-18)21-7-4-13(22)5-8-21/h1-3,6,9,13,22H,4-5,7-8H2. The first-order valence-electron chi connectivity index (χ1n) is 7.13. The molecule has 0 unspecified atom stereocenters. The number of aliphatic hydroxyl groups excluding tert-OH is 1. The third kappa shape index (κ3) is 3.03. The molecule has 0 amide bonds. The molecule has 2 heterocycles. The van der Waals surface area contributed by atoms with Crippen LogP contribution in [0.4, 0.5) is 5.69 Å². The van der Waals surface area contributed by atoms with Gasteiger partial charge in [0.05, 0.1) is 23.0 Å². The Labute approximate surface area is 133 Å². The van der Waals surface area contributed by atoms with Crippen LogP contribution in [0.1, 0.15) is 18.4 Å². The van der Waals surface area contributed by atoms with Crippen LogP contribution in [-0.4, -0.2) is 34.3 Å². The summed E-state index contributed by atoms with van der Waals surface area (Å²) in [5, 5.41) is 19.2. The van der Waals surface area contributed by atoms with Crippen LogP contribution in [0.15, 0.2) is 30.5 Å². The topological polar surface area (TPSA) is 73.0 Å². The summed E-state index contributed by atoms with van der Waals surface area (Å²) in [6.45, 7) is 1.52. The van der Waals surface area contributed by atoms with Gasteiger partial charge in [-0.2, -0.15) is 5.26 Å². The van der Waals surface area contributed by atoms with Crippen molar-refractivity contribution < 1.29 is 5.11 Å². The van der Waals surface area contributed by atoms with Gasteiger partial charge >= 0.3 is 0 Å². The smallest absolute Gasteiger partial charge is 0.222 e. The number of anilines is 1. The van der Waals surface area contributed by atoms with Crippen molar-refractivity contribution in [3.63, 3.8) is 0 Å². The molecule has 5 nitrogen and oxygen atoms in total. The van der Waals surface area contributed by atoms with Gasteiger partial charge in [-0.25, -0.2) is 9.97 Å². The fourth-order valence-electron chi connectivity index (χ4n) is 2.66. The molecule has 0 bridgehead atoms. The van der Waals surface area contributed by atoms with Crippen molar-refractivity contribution in [2.24, 2.45) is 0 Å². The minimum absolute atomic E-state index is 0.185. The number of hydrogen-bond donors (Lipinski definition) is 1. The van der Waals surface area contributed by atoms with Crippen molar-refractivity contribution in [2.45, 2.75) is 18.9 Å². The van der Waals surface area contributed by atoms with Crippen LogP contribution in [0.5, 0.6) is 0 Å². The van der Waals surface area contributed by atoms with E-state index in [0.717, 1.165) is 37.2 Å². The van der Waals surface area contributed by atoms with E-state index in [-0.39, 0.29) is 11.4 Å². The van der Waals surface area contributed by atoms with E-state index < -0.39 is 0 Å².